The Kier molecular flexibility index (Phi) is 27.6. The van der Waals surface area contributed by atoms with Gasteiger partial charge in [0.1, 0.15) is 0 Å². The van der Waals surface area contributed by atoms with Crippen molar-refractivity contribution < 1.29 is 31.7 Å². The van der Waals surface area contributed by atoms with E-state index >= 15 is 0 Å². The van der Waals surface area contributed by atoms with Gasteiger partial charge >= 0.3 is 26.2 Å². The normalized spacial score (nSPS) is 8.50. The van der Waals surface area contributed by atoms with Crippen LogP contribution in [0, 0.1) is 6.92 Å². The van der Waals surface area contributed by atoms with Crippen molar-refractivity contribution in [3.8, 4) is 0 Å². The van der Waals surface area contributed by atoms with Gasteiger partial charge in [-0.15, -0.1) is 0 Å². The maximum absolute atomic E-state index is 3.82. The van der Waals surface area contributed by atoms with Gasteiger partial charge in [0.25, 0.3) is 0 Å². The zero-order chi connectivity index (χ0) is 7.66. The van der Waals surface area contributed by atoms with E-state index in [1.807, 2.05) is 0 Å². The average molecular weight is 250 g/mol. The summed E-state index contributed by atoms with van der Waals surface area (Å²) in [6, 6.07) is 0. The molecule has 0 bridgehead atoms. The minimum atomic E-state index is 0. The number of rotatable bonds is 7. The Hall–Kier alpha value is 0.843. The Balaban J connectivity index is -0.000000405. The first-order chi connectivity index (χ1) is 4.91. The van der Waals surface area contributed by atoms with E-state index in [1.54, 1.807) is 0 Å². The van der Waals surface area contributed by atoms with E-state index in [0.717, 1.165) is 6.42 Å². The molecule has 1 N–H and O–H groups in total. The molecule has 0 fully saturated rings. The Morgan fingerprint density at radius 2 is 1.25 bits per heavy atom. The van der Waals surface area contributed by atoms with Crippen LogP contribution in [0.1, 0.15) is 58.3 Å². The molecule has 0 saturated heterocycles. The zero-order valence-corrected chi connectivity index (χ0v) is 10.8. The Morgan fingerprint density at radius 3 is 1.67 bits per heavy atom. The minimum Gasteiger partial charge on any atom is -0.870 e. The molecule has 0 unspecified atom stereocenters. The SMILES string of the molecule is [CH2-]CCCCCCCCC.[OH-].[Zr+2]. The average Bonchev–Trinajstić information content (AvgIpc) is 1.97. The maximum Gasteiger partial charge on any atom is 2.00 e. The van der Waals surface area contributed by atoms with Crippen LogP contribution in [0.2, 0.25) is 0 Å². The van der Waals surface area contributed by atoms with E-state index < -0.39 is 0 Å². The fraction of sp³-hybridized carbons (Fsp3) is 0.900. The quantitative estimate of drug-likeness (QED) is 0.499. The second-order valence-electron chi connectivity index (χ2n) is 2.97. The topological polar surface area (TPSA) is 30.0 Å². The van der Waals surface area contributed by atoms with Gasteiger partial charge in [-0.1, -0.05) is 51.9 Å². The van der Waals surface area contributed by atoms with Gasteiger partial charge in [0.2, 0.25) is 0 Å². The smallest absolute Gasteiger partial charge is 0.870 e. The van der Waals surface area contributed by atoms with Crippen LogP contribution in [-0.4, -0.2) is 5.48 Å². The molecule has 12 heavy (non-hydrogen) atoms. The largest absolute Gasteiger partial charge is 2.00 e. The molecule has 0 atom stereocenters. The Bertz CT molecular complexity index is 49.8. The summed E-state index contributed by atoms with van der Waals surface area (Å²) in [6.45, 7) is 6.08. The molecule has 0 spiro atoms. The van der Waals surface area contributed by atoms with E-state index in [4.69, 9.17) is 0 Å². The van der Waals surface area contributed by atoms with Crippen molar-refractivity contribution in [2.45, 2.75) is 58.3 Å². The second kappa shape index (κ2) is 17.8. The Labute approximate surface area is 96.8 Å². The molecule has 0 rings (SSSR count). The molecule has 0 heterocycles. The van der Waals surface area contributed by atoms with Crippen LogP contribution in [-0.2, 0) is 26.2 Å². The third kappa shape index (κ3) is 17.1. The second-order valence-corrected chi connectivity index (χ2v) is 2.97. The van der Waals surface area contributed by atoms with Crippen LogP contribution in [0.3, 0.4) is 0 Å². The Morgan fingerprint density at radius 1 is 0.833 bits per heavy atom. The standard InChI is InChI=1S/C10H21.H2O.Zr/c1-3-5-7-9-10-8-6-4-2;;/h1,3-10H2,2H3;1H2;/q-1;;+2/p-1. The van der Waals surface area contributed by atoms with Gasteiger partial charge in [0, 0.05) is 0 Å². The fourth-order valence-electron chi connectivity index (χ4n) is 1.13. The molecule has 0 aromatic carbocycles. The van der Waals surface area contributed by atoms with Gasteiger partial charge in [-0.05, 0) is 0 Å². The van der Waals surface area contributed by atoms with Crippen molar-refractivity contribution >= 4 is 0 Å². The van der Waals surface area contributed by atoms with Crippen molar-refractivity contribution in [2.24, 2.45) is 0 Å². The summed E-state index contributed by atoms with van der Waals surface area (Å²) in [6.07, 6.45) is 10.9. The summed E-state index contributed by atoms with van der Waals surface area (Å²) in [5, 5.41) is 0. The van der Waals surface area contributed by atoms with Gasteiger partial charge < -0.3 is 12.4 Å². The molecule has 0 aromatic heterocycles. The van der Waals surface area contributed by atoms with Gasteiger partial charge in [0.05, 0.1) is 0 Å². The molecule has 0 aliphatic heterocycles. The zero-order valence-electron chi connectivity index (χ0n) is 8.31. The van der Waals surface area contributed by atoms with Crippen LogP contribution in [0.5, 0.6) is 0 Å². The van der Waals surface area contributed by atoms with E-state index in [-0.39, 0.29) is 31.7 Å². The van der Waals surface area contributed by atoms with Crippen LogP contribution >= 0.6 is 0 Å². The van der Waals surface area contributed by atoms with Crippen molar-refractivity contribution in [3.63, 3.8) is 0 Å². The third-order valence-electron chi connectivity index (χ3n) is 1.85. The first kappa shape index (κ1) is 18.6. The first-order valence-corrected chi connectivity index (χ1v) is 4.71. The maximum atomic E-state index is 3.82. The molecule has 2 heteroatoms. The number of unbranched alkanes of at least 4 members (excludes halogenated alkanes) is 7. The van der Waals surface area contributed by atoms with E-state index in [0.29, 0.717) is 0 Å². The molecule has 0 aliphatic rings. The third-order valence-corrected chi connectivity index (χ3v) is 1.85. The molecule has 72 valence electrons. The van der Waals surface area contributed by atoms with Crippen LogP contribution in [0.25, 0.3) is 0 Å². The molecule has 0 amide bonds. The van der Waals surface area contributed by atoms with Crippen LogP contribution < -0.4 is 0 Å². The molecule has 0 radical (unpaired) electrons. The predicted octanol–water partition coefficient (Wildman–Crippen LogP) is 3.78. The van der Waals surface area contributed by atoms with Gasteiger partial charge in [0.15, 0.2) is 0 Å². The van der Waals surface area contributed by atoms with E-state index in [9.17, 15) is 0 Å². The summed E-state index contributed by atoms with van der Waals surface area (Å²) < 4.78 is 0. The molecule has 1 nitrogen and oxygen atoms in total. The predicted molar refractivity (Wildman–Crippen MR) is 49.9 cm³/mol. The van der Waals surface area contributed by atoms with Crippen molar-refractivity contribution in [1.29, 1.82) is 0 Å². The molecular weight excluding hydrogens is 227 g/mol. The van der Waals surface area contributed by atoms with Gasteiger partial charge in [-0.3, -0.25) is 0 Å². The number of hydrogen-bond donors (Lipinski definition) is 0. The first-order valence-electron chi connectivity index (χ1n) is 4.71. The monoisotopic (exact) mass is 248 g/mol. The van der Waals surface area contributed by atoms with E-state index in [2.05, 4.69) is 13.8 Å². The van der Waals surface area contributed by atoms with Crippen molar-refractivity contribution in [1.82, 2.24) is 0 Å². The van der Waals surface area contributed by atoms with Crippen LogP contribution in [0.4, 0.5) is 0 Å². The number of hydrogen-bond acceptors (Lipinski definition) is 1. The van der Waals surface area contributed by atoms with Gasteiger partial charge in [-0.2, -0.15) is 6.42 Å². The van der Waals surface area contributed by atoms with E-state index in [1.165, 1.54) is 44.9 Å². The van der Waals surface area contributed by atoms with Crippen molar-refractivity contribution in [2.75, 3.05) is 0 Å². The summed E-state index contributed by atoms with van der Waals surface area (Å²) >= 11 is 0. The van der Waals surface area contributed by atoms with Crippen molar-refractivity contribution in [3.05, 3.63) is 6.92 Å². The fourth-order valence-corrected chi connectivity index (χ4v) is 1.13. The van der Waals surface area contributed by atoms with Crippen LogP contribution in [0.15, 0.2) is 0 Å². The molecule has 0 aromatic rings. The summed E-state index contributed by atoms with van der Waals surface area (Å²) in [5.41, 5.74) is 0. The minimum absolute atomic E-state index is 0. The molecule has 0 aliphatic carbocycles. The summed E-state index contributed by atoms with van der Waals surface area (Å²) in [5.74, 6) is 0. The summed E-state index contributed by atoms with van der Waals surface area (Å²) in [7, 11) is 0. The molecule has 0 saturated carbocycles. The molecular formula is C10H22OZr. The van der Waals surface area contributed by atoms with Gasteiger partial charge in [-0.25, -0.2) is 0 Å². The summed E-state index contributed by atoms with van der Waals surface area (Å²) in [4.78, 5) is 0.